The van der Waals surface area contributed by atoms with Gasteiger partial charge in [0.25, 0.3) is 5.91 Å². The van der Waals surface area contributed by atoms with Gasteiger partial charge in [0.1, 0.15) is 0 Å². The Kier molecular flexibility index (Phi) is 5.26. The second kappa shape index (κ2) is 7.61. The lowest BCUT2D eigenvalue weighted by atomic mass is 10.0. The lowest BCUT2D eigenvalue weighted by Crippen LogP contribution is -2.27. The first-order chi connectivity index (χ1) is 12.9. The maximum absolute atomic E-state index is 12.6. The molecule has 3 rings (SSSR count). The summed E-state index contributed by atoms with van der Waals surface area (Å²) >= 11 is 0. The number of carbonyl (C=O) groups is 1. The highest BCUT2D eigenvalue weighted by molar-refractivity contribution is 5.94. The van der Waals surface area contributed by atoms with Gasteiger partial charge in [-0.2, -0.15) is 5.10 Å². The lowest BCUT2D eigenvalue weighted by molar-refractivity contribution is 0.0940. The van der Waals surface area contributed by atoms with E-state index in [1.54, 1.807) is 18.2 Å². The number of nitrogens with one attached hydrogen (secondary N) is 2. The first-order valence-corrected chi connectivity index (χ1v) is 9.05. The molecule has 0 spiro atoms. The number of rotatable bonds is 5. The summed E-state index contributed by atoms with van der Waals surface area (Å²) in [6, 6.07) is 12.1. The fourth-order valence-corrected chi connectivity index (χ4v) is 3.41. The van der Waals surface area contributed by atoms with Crippen LogP contribution in [0.2, 0.25) is 0 Å². The van der Waals surface area contributed by atoms with E-state index in [0.29, 0.717) is 5.56 Å². The van der Waals surface area contributed by atoms with Crippen LogP contribution in [-0.2, 0) is 6.54 Å². The number of H-pyrrole nitrogens is 1. The van der Waals surface area contributed by atoms with Gasteiger partial charge in [-0.3, -0.25) is 14.3 Å². The second-order valence-electron chi connectivity index (χ2n) is 6.60. The quantitative estimate of drug-likeness (QED) is 0.728. The van der Waals surface area contributed by atoms with Crippen molar-refractivity contribution < 1.29 is 4.79 Å². The van der Waals surface area contributed by atoms with E-state index in [9.17, 15) is 9.59 Å². The Morgan fingerprint density at radius 3 is 2.48 bits per heavy atom. The molecule has 3 aromatic rings. The van der Waals surface area contributed by atoms with Gasteiger partial charge in [0, 0.05) is 35.1 Å². The van der Waals surface area contributed by atoms with Crippen molar-refractivity contribution in [3.8, 4) is 11.3 Å². The topological polar surface area (TPSA) is 79.8 Å². The minimum Gasteiger partial charge on any atom is -0.345 e. The van der Waals surface area contributed by atoms with Crippen LogP contribution in [0.5, 0.6) is 0 Å². The van der Waals surface area contributed by atoms with Crippen LogP contribution in [0.4, 0.5) is 0 Å². The molecule has 1 aromatic carbocycles. The molecule has 1 atom stereocenters. The molecular formula is C21H24N4O2. The van der Waals surface area contributed by atoms with Crippen LogP contribution in [-0.4, -0.2) is 20.7 Å². The zero-order valence-corrected chi connectivity index (χ0v) is 16.0. The molecule has 0 aliphatic heterocycles. The lowest BCUT2D eigenvalue weighted by Gasteiger charge is -2.15. The third-order valence-corrected chi connectivity index (χ3v) is 4.74. The molecule has 27 heavy (non-hydrogen) atoms. The summed E-state index contributed by atoms with van der Waals surface area (Å²) in [5.41, 5.74) is 5.07. The number of nitrogens with zero attached hydrogens (tertiary/aromatic N) is 2. The number of hydrogen-bond donors (Lipinski definition) is 2. The molecule has 0 radical (unpaired) electrons. The van der Waals surface area contributed by atoms with Crippen molar-refractivity contribution in [2.45, 2.75) is 40.3 Å². The van der Waals surface area contributed by atoms with Crippen LogP contribution < -0.4 is 10.9 Å². The third kappa shape index (κ3) is 3.84. The minimum absolute atomic E-state index is 0.136. The molecule has 0 bridgehead atoms. The van der Waals surface area contributed by atoms with Gasteiger partial charge in [-0.05, 0) is 51.5 Å². The number of pyridine rings is 1. The molecule has 2 heterocycles. The van der Waals surface area contributed by atoms with Crippen molar-refractivity contribution in [3.63, 3.8) is 0 Å². The SMILES string of the molecule is CCn1nc(C)c(C(C)NC(=O)c2ccc(-c3cccc(=O)[nH]3)cc2)c1C. The molecular weight excluding hydrogens is 340 g/mol. The van der Waals surface area contributed by atoms with Crippen molar-refractivity contribution in [1.29, 1.82) is 0 Å². The number of carbonyl (C=O) groups excluding carboxylic acids is 1. The van der Waals surface area contributed by atoms with Crippen molar-refractivity contribution in [2.75, 3.05) is 0 Å². The predicted octanol–water partition coefficient (Wildman–Crippen LogP) is 3.37. The first kappa shape index (κ1) is 18.6. The molecule has 0 saturated heterocycles. The van der Waals surface area contributed by atoms with Crippen molar-refractivity contribution in [3.05, 3.63) is 75.3 Å². The molecule has 6 nitrogen and oxygen atoms in total. The van der Waals surface area contributed by atoms with E-state index >= 15 is 0 Å². The van der Waals surface area contributed by atoms with E-state index in [1.807, 2.05) is 50.6 Å². The van der Waals surface area contributed by atoms with E-state index in [-0.39, 0.29) is 17.5 Å². The van der Waals surface area contributed by atoms with E-state index in [2.05, 4.69) is 15.4 Å². The third-order valence-electron chi connectivity index (χ3n) is 4.74. The first-order valence-electron chi connectivity index (χ1n) is 9.05. The fourth-order valence-electron chi connectivity index (χ4n) is 3.41. The van der Waals surface area contributed by atoms with E-state index in [1.165, 1.54) is 6.07 Å². The number of aromatic amines is 1. The minimum atomic E-state index is -0.151. The van der Waals surface area contributed by atoms with Crippen molar-refractivity contribution in [2.24, 2.45) is 0 Å². The van der Waals surface area contributed by atoms with Gasteiger partial charge in [0.2, 0.25) is 5.56 Å². The van der Waals surface area contributed by atoms with Crippen LogP contribution in [0.25, 0.3) is 11.3 Å². The maximum atomic E-state index is 12.6. The number of aromatic nitrogens is 3. The van der Waals surface area contributed by atoms with Crippen molar-refractivity contribution in [1.82, 2.24) is 20.1 Å². The molecule has 0 aliphatic rings. The van der Waals surface area contributed by atoms with E-state index in [0.717, 1.165) is 34.8 Å². The predicted molar refractivity (Wildman–Crippen MR) is 106 cm³/mol. The van der Waals surface area contributed by atoms with Crippen LogP contribution in [0, 0.1) is 13.8 Å². The van der Waals surface area contributed by atoms with Gasteiger partial charge in [-0.15, -0.1) is 0 Å². The summed E-state index contributed by atoms with van der Waals surface area (Å²) in [5.74, 6) is -0.140. The number of amides is 1. The molecule has 0 aliphatic carbocycles. The Morgan fingerprint density at radius 1 is 1.19 bits per heavy atom. The van der Waals surface area contributed by atoms with Gasteiger partial charge in [0.05, 0.1) is 11.7 Å². The summed E-state index contributed by atoms with van der Waals surface area (Å²) in [6.45, 7) is 8.81. The second-order valence-corrected chi connectivity index (χ2v) is 6.60. The zero-order valence-electron chi connectivity index (χ0n) is 16.0. The molecule has 140 valence electrons. The van der Waals surface area contributed by atoms with Crippen LogP contribution in [0.15, 0.2) is 47.3 Å². The number of benzene rings is 1. The van der Waals surface area contributed by atoms with E-state index < -0.39 is 0 Å². The van der Waals surface area contributed by atoms with Gasteiger partial charge < -0.3 is 10.3 Å². The van der Waals surface area contributed by atoms with Gasteiger partial charge >= 0.3 is 0 Å². The largest absolute Gasteiger partial charge is 0.345 e. The summed E-state index contributed by atoms with van der Waals surface area (Å²) in [5, 5.41) is 7.57. The average molecular weight is 364 g/mol. The van der Waals surface area contributed by atoms with Crippen molar-refractivity contribution >= 4 is 5.91 Å². The monoisotopic (exact) mass is 364 g/mol. The molecule has 6 heteroatoms. The number of hydrogen-bond acceptors (Lipinski definition) is 3. The smallest absolute Gasteiger partial charge is 0.251 e. The summed E-state index contributed by atoms with van der Waals surface area (Å²) < 4.78 is 1.95. The number of aryl methyl sites for hydroxylation is 2. The normalized spacial score (nSPS) is 12.0. The Hall–Kier alpha value is -3.15. The van der Waals surface area contributed by atoms with Crippen LogP contribution in [0.3, 0.4) is 0 Å². The molecule has 0 fully saturated rings. The Bertz CT molecular complexity index is 1020. The molecule has 2 aromatic heterocycles. The summed E-state index contributed by atoms with van der Waals surface area (Å²) in [7, 11) is 0. The van der Waals surface area contributed by atoms with E-state index in [4.69, 9.17) is 0 Å². The standard InChI is InChI=1S/C21H24N4O2/c1-5-25-15(4)20(14(3)24-25)13(2)22-21(27)17-11-9-16(10-12-17)18-7-6-8-19(26)23-18/h6-13H,5H2,1-4H3,(H,22,27)(H,23,26). The molecule has 1 unspecified atom stereocenters. The van der Waals surface area contributed by atoms with Crippen LogP contribution in [0.1, 0.15) is 47.2 Å². The highest BCUT2D eigenvalue weighted by atomic mass is 16.1. The van der Waals surface area contributed by atoms with Crippen LogP contribution >= 0.6 is 0 Å². The summed E-state index contributed by atoms with van der Waals surface area (Å²) in [6.07, 6.45) is 0. The molecule has 0 saturated carbocycles. The van der Waals surface area contributed by atoms with Gasteiger partial charge in [-0.1, -0.05) is 18.2 Å². The summed E-state index contributed by atoms with van der Waals surface area (Å²) in [4.78, 5) is 26.9. The molecule has 1 amide bonds. The highest BCUT2D eigenvalue weighted by Crippen LogP contribution is 2.22. The Balaban J connectivity index is 1.76. The highest BCUT2D eigenvalue weighted by Gasteiger charge is 2.19. The maximum Gasteiger partial charge on any atom is 0.251 e. The average Bonchev–Trinajstić information content (AvgIpc) is 2.95. The Labute approximate surface area is 158 Å². The Morgan fingerprint density at radius 2 is 1.89 bits per heavy atom. The fraction of sp³-hybridized carbons (Fsp3) is 0.286. The van der Waals surface area contributed by atoms with Gasteiger partial charge in [0.15, 0.2) is 0 Å². The van der Waals surface area contributed by atoms with Gasteiger partial charge in [-0.25, -0.2) is 0 Å². The zero-order chi connectivity index (χ0) is 19.6. The molecule has 2 N–H and O–H groups in total.